The molecule has 8 nitrogen and oxygen atoms in total. The van der Waals surface area contributed by atoms with Crippen LogP contribution in [-0.4, -0.2) is 70.7 Å². The molecule has 1 atom stereocenters. The largest absolute Gasteiger partial charge is 0.366 e. The molecule has 29 heavy (non-hydrogen) atoms. The minimum Gasteiger partial charge on any atom is -0.366 e. The molecular formula is C21H26N6O2. The van der Waals surface area contributed by atoms with Crippen molar-refractivity contribution in [1.29, 1.82) is 0 Å². The number of anilines is 2. The van der Waals surface area contributed by atoms with E-state index in [0.717, 1.165) is 44.7 Å². The van der Waals surface area contributed by atoms with Crippen LogP contribution in [0.1, 0.15) is 17.7 Å². The molecule has 2 aromatic rings. The molecule has 0 aliphatic carbocycles. The summed E-state index contributed by atoms with van der Waals surface area (Å²) in [6.07, 6.45) is 1.78. The lowest BCUT2D eigenvalue weighted by molar-refractivity contribution is -0.143. The summed E-state index contributed by atoms with van der Waals surface area (Å²) >= 11 is 0. The lowest BCUT2D eigenvalue weighted by atomic mass is 10.1. The van der Waals surface area contributed by atoms with E-state index in [9.17, 15) is 9.59 Å². The molecular weight excluding hydrogens is 368 g/mol. The minimum absolute atomic E-state index is 0.238. The SMILES string of the molecule is CN1CCn2nc(NC(=O)C(=O)N3CCCN4c5ccccc5CC4C3)cc2C1. The van der Waals surface area contributed by atoms with Gasteiger partial charge in [-0.2, -0.15) is 5.10 Å². The van der Waals surface area contributed by atoms with E-state index in [4.69, 9.17) is 0 Å². The van der Waals surface area contributed by atoms with Crippen LogP contribution in [0.2, 0.25) is 0 Å². The van der Waals surface area contributed by atoms with Crippen LogP contribution in [0.15, 0.2) is 30.3 Å². The van der Waals surface area contributed by atoms with Crippen molar-refractivity contribution in [3.8, 4) is 0 Å². The van der Waals surface area contributed by atoms with Gasteiger partial charge in [0, 0.05) is 44.5 Å². The summed E-state index contributed by atoms with van der Waals surface area (Å²) in [5.74, 6) is -0.609. The van der Waals surface area contributed by atoms with Crippen LogP contribution in [0.5, 0.6) is 0 Å². The first-order valence-corrected chi connectivity index (χ1v) is 10.3. The van der Waals surface area contributed by atoms with Gasteiger partial charge in [0.15, 0.2) is 5.82 Å². The number of nitrogens with one attached hydrogen (secondary N) is 1. The number of likely N-dealkylation sites (N-methyl/N-ethyl adjacent to an activating group) is 1. The quantitative estimate of drug-likeness (QED) is 0.729. The Hall–Kier alpha value is -2.87. The maximum absolute atomic E-state index is 12.9. The number of nitrogens with zero attached hydrogens (tertiary/aromatic N) is 5. The summed E-state index contributed by atoms with van der Waals surface area (Å²) in [6, 6.07) is 10.5. The maximum Gasteiger partial charge on any atom is 0.315 e. The maximum atomic E-state index is 12.9. The van der Waals surface area contributed by atoms with E-state index in [-0.39, 0.29) is 6.04 Å². The van der Waals surface area contributed by atoms with Crippen molar-refractivity contribution in [2.45, 2.75) is 32.0 Å². The van der Waals surface area contributed by atoms with Crippen LogP contribution < -0.4 is 10.2 Å². The summed E-state index contributed by atoms with van der Waals surface area (Å²) in [6.45, 7) is 4.60. The molecule has 1 fully saturated rings. The Morgan fingerprint density at radius 1 is 1.14 bits per heavy atom. The van der Waals surface area contributed by atoms with Crippen molar-refractivity contribution in [3.05, 3.63) is 41.6 Å². The van der Waals surface area contributed by atoms with Gasteiger partial charge in [-0.3, -0.25) is 19.2 Å². The number of carbonyl (C=O) groups excluding carboxylic acids is 2. The second-order valence-corrected chi connectivity index (χ2v) is 8.22. The average molecular weight is 394 g/mol. The molecule has 8 heteroatoms. The second kappa shape index (κ2) is 7.18. The van der Waals surface area contributed by atoms with Crippen LogP contribution in [0.25, 0.3) is 0 Å². The van der Waals surface area contributed by atoms with Crippen molar-refractivity contribution in [3.63, 3.8) is 0 Å². The first-order valence-electron chi connectivity index (χ1n) is 10.3. The van der Waals surface area contributed by atoms with Crippen molar-refractivity contribution < 1.29 is 9.59 Å². The highest BCUT2D eigenvalue weighted by Gasteiger charge is 2.35. The van der Waals surface area contributed by atoms with Crippen LogP contribution in [-0.2, 0) is 29.1 Å². The molecule has 1 saturated heterocycles. The Morgan fingerprint density at radius 2 is 2.00 bits per heavy atom. The molecule has 0 bridgehead atoms. The molecule has 152 valence electrons. The first kappa shape index (κ1) is 18.2. The molecule has 1 N–H and O–H groups in total. The normalized spacial score (nSPS) is 21.2. The Bertz CT molecular complexity index is 954. The monoisotopic (exact) mass is 394 g/mol. The van der Waals surface area contributed by atoms with Crippen molar-refractivity contribution in [2.75, 3.05) is 43.4 Å². The number of rotatable bonds is 1. The second-order valence-electron chi connectivity index (χ2n) is 8.22. The van der Waals surface area contributed by atoms with Gasteiger partial charge in [-0.25, -0.2) is 0 Å². The smallest absolute Gasteiger partial charge is 0.315 e. The van der Waals surface area contributed by atoms with Crippen LogP contribution in [0, 0.1) is 0 Å². The number of para-hydroxylation sites is 1. The van der Waals surface area contributed by atoms with E-state index in [2.05, 4.69) is 51.5 Å². The number of benzene rings is 1. The Balaban J connectivity index is 1.26. The zero-order valence-corrected chi connectivity index (χ0v) is 16.7. The van der Waals surface area contributed by atoms with Gasteiger partial charge in [-0.1, -0.05) is 18.2 Å². The third-order valence-electron chi connectivity index (χ3n) is 6.17. The highest BCUT2D eigenvalue weighted by atomic mass is 16.2. The molecule has 3 aliphatic rings. The number of hydrogen-bond donors (Lipinski definition) is 1. The first-order chi connectivity index (χ1) is 14.1. The molecule has 3 aliphatic heterocycles. The topological polar surface area (TPSA) is 73.7 Å². The van der Waals surface area contributed by atoms with E-state index in [1.807, 2.05) is 10.7 Å². The molecule has 0 spiro atoms. The van der Waals surface area contributed by atoms with Gasteiger partial charge in [0.2, 0.25) is 0 Å². The van der Waals surface area contributed by atoms with Gasteiger partial charge in [0.05, 0.1) is 18.3 Å². The third kappa shape index (κ3) is 3.37. The Morgan fingerprint density at radius 3 is 2.90 bits per heavy atom. The molecule has 4 heterocycles. The summed E-state index contributed by atoms with van der Waals surface area (Å²) in [5.41, 5.74) is 3.64. The number of hydrogen-bond acceptors (Lipinski definition) is 5. The van der Waals surface area contributed by atoms with Crippen LogP contribution in [0.4, 0.5) is 11.5 Å². The van der Waals surface area contributed by atoms with Crippen molar-refractivity contribution >= 4 is 23.3 Å². The molecule has 2 amide bonds. The number of aromatic nitrogens is 2. The molecule has 1 aromatic carbocycles. The minimum atomic E-state index is -0.599. The third-order valence-corrected chi connectivity index (χ3v) is 6.17. The summed E-state index contributed by atoms with van der Waals surface area (Å²) in [4.78, 5) is 31.8. The number of carbonyl (C=O) groups is 2. The fourth-order valence-corrected chi connectivity index (χ4v) is 4.72. The van der Waals surface area contributed by atoms with E-state index < -0.39 is 11.8 Å². The number of amides is 2. The molecule has 1 unspecified atom stereocenters. The zero-order valence-electron chi connectivity index (χ0n) is 16.7. The average Bonchev–Trinajstić information content (AvgIpc) is 3.19. The van der Waals surface area contributed by atoms with Gasteiger partial charge in [0.25, 0.3) is 0 Å². The highest BCUT2D eigenvalue weighted by molar-refractivity contribution is 6.39. The van der Waals surface area contributed by atoms with Gasteiger partial charge in [-0.15, -0.1) is 0 Å². The lowest BCUT2D eigenvalue weighted by Crippen LogP contribution is -2.45. The van der Waals surface area contributed by atoms with Gasteiger partial charge in [0.1, 0.15) is 0 Å². The Kier molecular flexibility index (Phi) is 4.50. The van der Waals surface area contributed by atoms with Crippen molar-refractivity contribution in [1.82, 2.24) is 19.6 Å². The van der Waals surface area contributed by atoms with Crippen molar-refractivity contribution in [2.24, 2.45) is 0 Å². The molecule has 5 rings (SSSR count). The van der Waals surface area contributed by atoms with Gasteiger partial charge >= 0.3 is 11.8 Å². The standard InChI is InChI=1S/C21H26N6O2/c1-24-9-10-27-17(13-24)12-19(23-27)22-20(28)21(29)25-7-4-8-26-16(14-25)11-15-5-2-3-6-18(15)26/h2-3,5-6,12,16H,4,7-11,13-14H2,1H3,(H,22,23,28). The summed E-state index contributed by atoms with van der Waals surface area (Å²) < 4.78 is 1.90. The molecule has 1 aromatic heterocycles. The number of fused-ring (bicyclic) bond motifs is 4. The summed E-state index contributed by atoms with van der Waals surface area (Å²) in [5, 5.41) is 7.14. The molecule has 0 radical (unpaired) electrons. The molecule has 0 saturated carbocycles. The van der Waals surface area contributed by atoms with Crippen LogP contribution in [0.3, 0.4) is 0 Å². The lowest BCUT2D eigenvalue weighted by Gasteiger charge is -2.27. The highest BCUT2D eigenvalue weighted by Crippen LogP contribution is 2.33. The fourth-order valence-electron chi connectivity index (χ4n) is 4.72. The zero-order chi connectivity index (χ0) is 20.0. The Labute approximate surface area is 170 Å². The van der Waals surface area contributed by atoms with E-state index >= 15 is 0 Å². The predicted octanol–water partition coefficient (Wildman–Crippen LogP) is 0.931. The van der Waals surface area contributed by atoms with E-state index in [1.165, 1.54) is 11.3 Å². The van der Waals surface area contributed by atoms with E-state index in [1.54, 1.807) is 4.90 Å². The predicted molar refractivity (Wildman–Crippen MR) is 110 cm³/mol. The fraction of sp³-hybridized carbons (Fsp3) is 0.476. The van der Waals surface area contributed by atoms with Crippen LogP contribution >= 0.6 is 0 Å². The van der Waals surface area contributed by atoms with Gasteiger partial charge in [-0.05, 0) is 31.5 Å². The summed E-state index contributed by atoms with van der Waals surface area (Å²) in [7, 11) is 2.06. The van der Waals surface area contributed by atoms with Gasteiger partial charge < -0.3 is 15.1 Å². The van der Waals surface area contributed by atoms with E-state index in [0.29, 0.717) is 18.9 Å².